The Morgan fingerprint density at radius 2 is 1.05 bits per heavy atom. The van der Waals surface area contributed by atoms with Crippen LogP contribution in [0.1, 0.15) is 47.1 Å². The maximum Gasteiger partial charge on any atom is 0.333 e. The largest absolute Gasteiger partial charge is 0.490 e. The third-order valence-electron chi connectivity index (χ3n) is 6.55. The molecule has 0 amide bonds. The summed E-state index contributed by atoms with van der Waals surface area (Å²) in [5.74, 6) is 0.620. The number of esters is 2. The molecule has 0 aliphatic rings. The Balaban J connectivity index is 1.75. The minimum absolute atomic E-state index is 0.242. The van der Waals surface area contributed by atoms with Gasteiger partial charge in [0.05, 0.1) is 25.4 Å². The molecule has 0 heterocycles. The maximum absolute atomic E-state index is 11.8. The molecule has 8 heteroatoms. The molecule has 232 valence electrons. The average Bonchev–Trinajstić information content (AvgIpc) is 2.96. The fraction of sp³-hybridized carbons (Fsp3) is 0.429. The van der Waals surface area contributed by atoms with Gasteiger partial charge in [-0.05, 0) is 54.5 Å². The van der Waals surface area contributed by atoms with Crippen LogP contribution < -0.4 is 9.47 Å². The zero-order valence-corrected chi connectivity index (χ0v) is 26.4. The van der Waals surface area contributed by atoms with E-state index >= 15 is 0 Å². The molecular formula is C35H44O8. The van der Waals surface area contributed by atoms with E-state index in [-0.39, 0.29) is 25.4 Å². The highest BCUT2D eigenvalue weighted by molar-refractivity contribution is 6.11. The van der Waals surface area contributed by atoms with Crippen LogP contribution in [0.25, 0.3) is 21.5 Å². The lowest BCUT2D eigenvalue weighted by Gasteiger charge is -2.22. The van der Waals surface area contributed by atoms with Gasteiger partial charge in [-0.25, -0.2) is 9.59 Å². The first kappa shape index (κ1) is 33.6. The molecule has 0 aliphatic heterocycles. The van der Waals surface area contributed by atoms with E-state index in [9.17, 15) is 9.59 Å². The molecule has 0 aromatic heterocycles. The van der Waals surface area contributed by atoms with Crippen LogP contribution in [0.2, 0.25) is 0 Å². The first-order valence-corrected chi connectivity index (χ1v) is 14.5. The summed E-state index contributed by atoms with van der Waals surface area (Å²) in [5.41, 5.74) is 1.79. The molecule has 0 saturated heterocycles. The molecule has 8 nitrogen and oxygen atoms in total. The highest BCUT2D eigenvalue weighted by atomic mass is 16.6. The summed E-state index contributed by atoms with van der Waals surface area (Å²) in [6, 6.07) is 14.1. The number of benzene rings is 3. The lowest BCUT2D eigenvalue weighted by Crippen LogP contribution is -2.26. The molecule has 3 aromatic carbocycles. The smallest absolute Gasteiger partial charge is 0.333 e. The Labute approximate surface area is 254 Å². The second-order valence-electron chi connectivity index (χ2n) is 11.2. The van der Waals surface area contributed by atoms with Gasteiger partial charge in [0.2, 0.25) is 0 Å². The van der Waals surface area contributed by atoms with Gasteiger partial charge in [0, 0.05) is 32.7 Å². The van der Waals surface area contributed by atoms with E-state index in [0.717, 1.165) is 38.6 Å². The van der Waals surface area contributed by atoms with Crippen molar-refractivity contribution >= 4 is 33.5 Å². The number of ether oxygens (including phenoxy) is 6. The molecule has 0 aliphatic carbocycles. The molecule has 0 N–H and O–H groups in total. The molecular weight excluding hydrogens is 548 g/mol. The fourth-order valence-electron chi connectivity index (χ4n) is 4.26. The van der Waals surface area contributed by atoms with Crippen molar-refractivity contribution < 1.29 is 38.0 Å². The fourth-order valence-corrected chi connectivity index (χ4v) is 4.26. The van der Waals surface area contributed by atoms with Crippen LogP contribution in [0.15, 0.2) is 66.8 Å². The Bertz CT molecular complexity index is 1460. The first-order valence-electron chi connectivity index (χ1n) is 14.5. The van der Waals surface area contributed by atoms with Gasteiger partial charge in [-0.15, -0.1) is 0 Å². The van der Waals surface area contributed by atoms with Crippen molar-refractivity contribution in [2.45, 2.75) is 72.9 Å². The standard InChI is InChI=1S/C35H44O8/c1-21(2)34(36)42-26(8)19-38-24(6)17-40-32-28-12-10-11-13-29(28)33(31-16-23(5)14-15-30(31)32)41-18-25(7)39-20-27(9)43-35(37)22(3)4/h10-16,24-27H,1,3,17-20H2,2,4-9H3. The predicted molar refractivity (Wildman–Crippen MR) is 169 cm³/mol. The maximum atomic E-state index is 11.8. The van der Waals surface area contributed by atoms with Crippen molar-refractivity contribution in [2.75, 3.05) is 26.4 Å². The zero-order chi connectivity index (χ0) is 31.7. The molecule has 4 atom stereocenters. The van der Waals surface area contributed by atoms with Crippen molar-refractivity contribution in [1.29, 1.82) is 0 Å². The monoisotopic (exact) mass is 592 g/mol. The Morgan fingerprint density at radius 1 is 0.628 bits per heavy atom. The van der Waals surface area contributed by atoms with Gasteiger partial charge in [0.15, 0.2) is 0 Å². The molecule has 43 heavy (non-hydrogen) atoms. The Morgan fingerprint density at radius 3 is 1.49 bits per heavy atom. The summed E-state index contributed by atoms with van der Waals surface area (Å²) >= 11 is 0. The van der Waals surface area contributed by atoms with Crippen molar-refractivity contribution in [2.24, 2.45) is 0 Å². The summed E-state index contributed by atoms with van der Waals surface area (Å²) in [6.45, 7) is 21.0. The number of hydrogen-bond donors (Lipinski definition) is 0. The lowest BCUT2D eigenvalue weighted by atomic mass is 9.99. The third-order valence-corrected chi connectivity index (χ3v) is 6.55. The minimum atomic E-state index is -0.435. The van der Waals surface area contributed by atoms with Crippen molar-refractivity contribution in [1.82, 2.24) is 0 Å². The Hall–Kier alpha value is -3.88. The van der Waals surface area contributed by atoms with Crippen molar-refractivity contribution in [3.63, 3.8) is 0 Å². The van der Waals surface area contributed by atoms with Gasteiger partial charge >= 0.3 is 11.9 Å². The molecule has 0 spiro atoms. The summed E-state index contributed by atoms with van der Waals surface area (Å²) < 4.78 is 35.3. The van der Waals surface area contributed by atoms with Crippen molar-refractivity contribution in [3.05, 3.63) is 72.3 Å². The zero-order valence-electron chi connectivity index (χ0n) is 26.4. The number of fused-ring (bicyclic) bond motifs is 2. The van der Waals surface area contributed by atoms with Crippen LogP contribution in [-0.2, 0) is 28.5 Å². The van der Waals surface area contributed by atoms with Crippen LogP contribution in [0.4, 0.5) is 0 Å². The summed E-state index contributed by atoms with van der Waals surface area (Å²) in [6.07, 6.45) is -1.33. The highest BCUT2D eigenvalue weighted by Gasteiger charge is 2.19. The van der Waals surface area contributed by atoms with Crippen LogP contribution in [0.5, 0.6) is 11.5 Å². The van der Waals surface area contributed by atoms with Gasteiger partial charge in [-0.3, -0.25) is 0 Å². The molecule has 4 unspecified atom stereocenters. The van der Waals surface area contributed by atoms with Crippen LogP contribution in [0, 0.1) is 6.92 Å². The number of carbonyl (C=O) groups excluding carboxylic acids is 2. The van der Waals surface area contributed by atoms with Gasteiger partial charge in [0.1, 0.15) is 36.9 Å². The quantitative estimate of drug-likeness (QED) is 0.101. The van der Waals surface area contributed by atoms with Gasteiger partial charge in [0.25, 0.3) is 0 Å². The van der Waals surface area contributed by atoms with E-state index in [0.29, 0.717) is 24.4 Å². The predicted octanol–water partition coefficient (Wildman–Crippen LogP) is 6.88. The van der Waals surface area contributed by atoms with E-state index in [1.165, 1.54) is 0 Å². The minimum Gasteiger partial charge on any atom is -0.490 e. The number of rotatable bonds is 16. The molecule has 0 radical (unpaired) electrons. The molecule has 3 rings (SSSR count). The lowest BCUT2D eigenvalue weighted by molar-refractivity contribution is -0.148. The normalized spacial score (nSPS) is 14.0. The van der Waals surface area contributed by atoms with Crippen LogP contribution >= 0.6 is 0 Å². The van der Waals surface area contributed by atoms with E-state index in [4.69, 9.17) is 28.4 Å². The number of hydrogen-bond acceptors (Lipinski definition) is 8. The van der Waals surface area contributed by atoms with Crippen LogP contribution in [-0.4, -0.2) is 62.8 Å². The third kappa shape index (κ3) is 9.56. The number of carbonyl (C=O) groups is 2. The second-order valence-corrected chi connectivity index (χ2v) is 11.2. The second kappa shape index (κ2) is 15.5. The number of aryl methyl sites for hydroxylation is 1. The highest BCUT2D eigenvalue weighted by Crippen LogP contribution is 2.43. The van der Waals surface area contributed by atoms with Gasteiger partial charge < -0.3 is 28.4 Å². The van der Waals surface area contributed by atoms with E-state index < -0.39 is 24.1 Å². The molecule has 0 saturated carbocycles. The van der Waals surface area contributed by atoms with E-state index in [1.54, 1.807) is 27.7 Å². The Kier molecular flexibility index (Phi) is 12.2. The van der Waals surface area contributed by atoms with E-state index in [2.05, 4.69) is 19.2 Å². The van der Waals surface area contributed by atoms with Gasteiger partial charge in [-0.1, -0.05) is 55.1 Å². The topological polar surface area (TPSA) is 89.5 Å². The van der Waals surface area contributed by atoms with Crippen molar-refractivity contribution in [3.8, 4) is 11.5 Å². The summed E-state index contributed by atoms with van der Waals surface area (Å²) in [5, 5.41) is 3.68. The SMILES string of the molecule is C=C(C)C(=O)OC(C)COC(C)COc1c2ccccc2c(OCC(C)OCC(C)OC(=O)C(=C)C)c2cc(C)ccc12. The molecule has 0 fully saturated rings. The summed E-state index contributed by atoms with van der Waals surface area (Å²) in [7, 11) is 0. The van der Waals surface area contributed by atoms with E-state index in [1.807, 2.05) is 57.2 Å². The summed E-state index contributed by atoms with van der Waals surface area (Å²) in [4.78, 5) is 23.5. The molecule has 3 aromatic rings. The van der Waals surface area contributed by atoms with Crippen LogP contribution in [0.3, 0.4) is 0 Å². The molecule has 0 bridgehead atoms. The average molecular weight is 593 g/mol. The first-order chi connectivity index (χ1) is 20.4. The van der Waals surface area contributed by atoms with Gasteiger partial charge in [-0.2, -0.15) is 0 Å².